The molecule has 0 radical (unpaired) electrons. The third kappa shape index (κ3) is 6.01. The Morgan fingerprint density at radius 1 is 1.26 bits per heavy atom. The van der Waals surface area contributed by atoms with Crippen LogP contribution >= 0.6 is 35.6 Å². The highest BCUT2D eigenvalue weighted by Crippen LogP contribution is 2.19. The van der Waals surface area contributed by atoms with Gasteiger partial charge in [0.1, 0.15) is 5.82 Å². The highest BCUT2D eigenvalue weighted by Gasteiger charge is 2.03. The fraction of sp³-hybridized carbons (Fsp3) is 0.235. The fourth-order valence-electron chi connectivity index (χ4n) is 1.94. The van der Waals surface area contributed by atoms with Crippen LogP contribution < -0.4 is 10.6 Å². The number of thiocarbonyl (C=S) groups is 1. The first-order valence-electron chi connectivity index (χ1n) is 7.18. The van der Waals surface area contributed by atoms with E-state index in [-0.39, 0.29) is 5.02 Å². The van der Waals surface area contributed by atoms with Crippen LogP contribution in [0.3, 0.4) is 0 Å². The number of hydrogen-bond donors (Lipinski definition) is 2. The molecule has 0 spiro atoms. The summed E-state index contributed by atoms with van der Waals surface area (Å²) in [6.45, 7) is 2.89. The molecule has 0 fully saturated rings. The largest absolute Gasteiger partial charge is 0.362 e. The molecule has 0 aliphatic carbocycles. The van der Waals surface area contributed by atoms with E-state index < -0.39 is 5.82 Å². The Morgan fingerprint density at radius 3 is 2.78 bits per heavy atom. The molecule has 0 saturated carbocycles. The van der Waals surface area contributed by atoms with E-state index in [1.54, 1.807) is 6.07 Å². The summed E-state index contributed by atoms with van der Waals surface area (Å²) in [6.07, 6.45) is 0. The predicted octanol–water partition coefficient (Wildman–Crippen LogP) is 5.01. The van der Waals surface area contributed by atoms with Crippen molar-refractivity contribution >= 4 is 46.4 Å². The van der Waals surface area contributed by atoms with Gasteiger partial charge in [-0.2, -0.15) is 11.8 Å². The number of halogens is 2. The number of rotatable bonds is 6. The maximum absolute atomic E-state index is 13.1. The molecule has 122 valence electrons. The Bertz CT molecular complexity index is 679. The average Bonchev–Trinajstić information content (AvgIpc) is 2.52. The summed E-state index contributed by atoms with van der Waals surface area (Å²) in [4.78, 5) is 0. The first kappa shape index (κ1) is 18.0. The second kappa shape index (κ2) is 9.11. The fourth-order valence-corrected chi connectivity index (χ4v) is 3.28. The van der Waals surface area contributed by atoms with Gasteiger partial charge in [0.05, 0.1) is 5.02 Å². The Labute approximate surface area is 150 Å². The molecule has 0 heterocycles. The Morgan fingerprint density at radius 2 is 2.04 bits per heavy atom. The van der Waals surface area contributed by atoms with E-state index in [1.807, 2.05) is 11.8 Å². The van der Waals surface area contributed by atoms with Crippen molar-refractivity contribution in [2.24, 2.45) is 0 Å². The standard InChI is InChI=1S/C17H18ClFN2S2/c1-12-4-2-3-5-13(12)11-23-9-8-20-17(22)21-14-6-7-16(19)15(18)10-14/h2-7,10H,8-9,11H2,1H3,(H2,20,21,22). The van der Waals surface area contributed by atoms with Gasteiger partial charge in [-0.15, -0.1) is 0 Å². The maximum atomic E-state index is 13.1. The van der Waals surface area contributed by atoms with Crippen LogP contribution in [0, 0.1) is 12.7 Å². The summed E-state index contributed by atoms with van der Waals surface area (Å²) in [5.74, 6) is 1.49. The van der Waals surface area contributed by atoms with Crippen LogP contribution in [0.1, 0.15) is 11.1 Å². The van der Waals surface area contributed by atoms with E-state index >= 15 is 0 Å². The predicted molar refractivity (Wildman–Crippen MR) is 103 cm³/mol. The third-order valence-electron chi connectivity index (χ3n) is 3.23. The van der Waals surface area contributed by atoms with Crippen molar-refractivity contribution in [3.8, 4) is 0 Å². The zero-order valence-electron chi connectivity index (χ0n) is 12.7. The molecular formula is C17H18ClFN2S2. The van der Waals surface area contributed by atoms with Gasteiger partial charge in [0.2, 0.25) is 0 Å². The molecule has 2 aromatic rings. The van der Waals surface area contributed by atoms with Crippen molar-refractivity contribution in [2.45, 2.75) is 12.7 Å². The highest BCUT2D eigenvalue weighted by molar-refractivity contribution is 7.98. The van der Waals surface area contributed by atoms with Gasteiger partial charge in [-0.05, 0) is 48.5 Å². The first-order chi connectivity index (χ1) is 11.1. The van der Waals surface area contributed by atoms with E-state index in [0.717, 1.165) is 18.1 Å². The lowest BCUT2D eigenvalue weighted by atomic mass is 10.1. The van der Waals surface area contributed by atoms with Gasteiger partial charge < -0.3 is 10.6 Å². The zero-order chi connectivity index (χ0) is 16.7. The van der Waals surface area contributed by atoms with Gasteiger partial charge in [-0.1, -0.05) is 35.9 Å². The summed E-state index contributed by atoms with van der Waals surface area (Å²) >= 11 is 12.8. The van der Waals surface area contributed by atoms with Crippen molar-refractivity contribution in [3.63, 3.8) is 0 Å². The number of thioether (sulfide) groups is 1. The van der Waals surface area contributed by atoms with Crippen LogP contribution in [-0.4, -0.2) is 17.4 Å². The molecule has 23 heavy (non-hydrogen) atoms. The minimum absolute atomic E-state index is 0.0755. The van der Waals surface area contributed by atoms with Crippen LogP contribution in [0.4, 0.5) is 10.1 Å². The molecule has 0 saturated heterocycles. The van der Waals surface area contributed by atoms with Gasteiger partial charge in [-0.25, -0.2) is 4.39 Å². The molecule has 6 heteroatoms. The van der Waals surface area contributed by atoms with Gasteiger partial charge >= 0.3 is 0 Å². The second-order valence-corrected chi connectivity index (χ2v) is 6.91. The van der Waals surface area contributed by atoms with E-state index in [2.05, 4.69) is 41.8 Å². The lowest BCUT2D eigenvalue weighted by Gasteiger charge is -2.11. The van der Waals surface area contributed by atoms with Gasteiger partial charge in [0, 0.05) is 23.7 Å². The molecule has 2 N–H and O–H groups in total. The topological polar surface area (TPSA) is 24.1 Å². The molecule has 0 bridgehead atoms. The first-order valence-corrected chi connectivity index (χ1v) is 9.12. The number of aryl methyl sites for hydroxylation is 1. The van der Waals surface area contributed by atoms with Crippen molar-refractivity contribution in [1.29, 1.82) is 0 Å². The molecule has 0 aliphatic rings. The number of nitrogens with one attached hydrogen (secondary N) is 2. The normalized spacial score (nSPS) is 10.4. The maximum Gasteiger partial charge on any atom is 0.170 e. The molecule has 0 unspecified atom stereocenters. The molecular weight excluding hydrogens is 351 g/mol. The lowest BCUT2D eigenvalue weighted by molar-refractivity contribution is 0.628. The monoisotopic (exact) mass is 368 g/mol. The van der Waals surface area contributed by atoms with Crippen LogP contribution in [0.15, 0.2) is 42.5 Å². The van der Waals surface area contributed by atoms with E-state index in [0.29, 0.717) is 10.8 Å². The van der Waals surface area contributed by atoms with Crippen molar-refractivity contribution < 1.29 is 4.39 Å². The lowest BCUT2D eigenvalue weighted by Crippen LogP contribution is -2.30. The molecule has 2 rings (SSSR count). The van der Waals surface area contributed by atoms with Crippen LogP contribution in [0.25, 0.3) is 0 Å². The van der Waals surface area contributed by atoms with Crippen molar-refractivity contribution in [3.05, 3.63) is 64.4 Å². The molecule has 0 atom stereocenters. The molecule has 2 aromatic carbocycles. The number of benzene rings is 2. The van der Waals surface area contributed by atoms with Crippen LogP contribution in [-0.2, 0) is 5.75 Å². The Hall–Kier alpha value is -1.30. The van der Waals surface area contributed by atoms with E-state index in [9.17, 15) is 4.39 Å². The Kier molecular flexibility index (Phi) is 7.15. The van der Waals surface area contributed by atoms with Gasteiger partial charge in [0.25, 0.3) is 0 Å². The summed E-state index contributed by atoms with van der Waals surface area (Å²) in [7, 11) is 0. The minimum Gasteiger partial charge on any atom is -0.362 e. The summed E-state index contributed by atoms with van der Waals surface area (Å²) in [5, 5.41) is 6.70. The van der Waals surface area contributed by atoms with Crippen LogP contribution in [0.5, 0.6) is 0 Å². The summed E-state index contributed by atoms with van der Waals surface area (Å²) in [6, 6.07) is 12.8. The molecule has 0 amide bonds. The van der Waals surface area contributed by atoms with E-state index in [1.165, 1.54) is 23.3 Å². The second-order valence-electron chi connectivity index (χ2n) is 4.99. The van der Waals surface area contributed by atoms with E-state index in [4.69, 9.17) is 23.8 Å². The molecule has 0 aliphatic heterocycles. The zero-order valence-corrected chi connectivity index (χ0v) is 15.1. The van der Waals surface area contributed by atoms with Crippen molar-refractivity contribution in [1.82, 2.24) is 5.32 Å². The highest BCUT2D eigenvalue weighted by atomic mass is 35.5. The van der Waals surface area contributed by atoms with Crippen LogP contribution in [0.2, 0.25) is 5.02 Å². The van der Waals surface area contributed by atoms with Gasteiger partial charge in [0.15, 0.2) is 5.11 Å². The summed E-state index contributed by atoms with van der Waals surface area (Å²) < 4.78 is 13.1. The summed E-state index contributed by atoms with van der Waals surface area (Å²) in [5.41, 5.74) is 3.35. The number of anilines is 1. The SMILES string of the molecule is Cc1ccccc1CSCCNC(=S)Nc1ccc(F)c(Cl)c1. The quantitative estimate of drug-likeness (QED) is 0.553. The molecule has 0 aromatic heterocycles. The average molecular weight is 369 g/mol. The Balaban J connectivity index is 1.67. The smallest absolute Gasteiger partial charge is 0.170 e. The third-order valence-corrected chi connectivity index (χ3v) is 4.77. The van der Waals surface area contributed by atoms with Gasteiger partial charge in [-0.3, -0.25) is 0 Å². The number of hydrogen-bond acceptors (Lipinski definition) is 2. The molecule has 2 nitrogen and oxygen atoms in total. The van der Waals surface area contributed by atoms with Crippen molar-refractivity contribution in [2.75, 3.05) is 17.6 Å². The minimum atomic E-state index is -0.441.